The van der Waals surface area contributed by atoms with E-state index in [1.165, 1.54) is 25.3 Å². The molecular formula is C15H18F2N2O3. The van der Waals surface area contributed by atoms with Crippen molar-refractivity contribution in [2.45, 2.75) is 32.9 Å². The van der Waals surface area contributed by atoms with E-state index in [4.69, 9.17) is 4.74 Å². The number of rotatable bonds is 6. The van der Waals surface area contributed by atoms with E-state index in [0.717, 1.165) is 0 Å². The third-order valence-electron chi connectivity index (χ3n) is 3.40. The molecule has 0 bridgehead atoms. The van der Waals surface area contributed by atoms with Crippen LogP contribution in [0.1, 0.15) is 31.1 Å². The fraction of sp³-hybridized carbons (Fsp3) is 0.467. The number of hydrogen-bond acceptors (Lipinski definition) is 4. The van der Waals surface area contributed by atoms with Crippen molar-refractivity contribution < 1.29 is 23.0 Å². The molecule has 1 aromatic carbocycles. The Kier molecular flexibility index (Phi) is 5.69. The van der Waals surface area contributed by atoms with Crippen LogP contribution in [-0.4, -0.2) is 25.2 Å². The Labute approximate surface area is 127 Å². The number of halogens is 2. The molecule has 22 heavy (non-hydrogen) atoms. The highest BCUT2D eigenvalue weighted by atomic mass is 19.3. The zero-order chi connectivity index (χ0) is 16.9. The Morgan fingerprint density at radius 1 is 1.36 bits per heavy atom. The Bertz CT molecular complexity index is 585. The van der Waals surface area contributed by atoms with E-state index in [0.29, 0.717) is 0 Å². The van der Waals surface area contributed by atoms with Crippen molar-refractivity contribution in [2.75, 3.05) is 7.11 Å². The van der Waals surface area contributed by atoms with E-state index in [9.17, 15) is 18.8 Å². The number of ether oxygens (including phenoxy) is 2. The average molecular weight is 312 g/mol. The van der Waals surface area contributed by atoms with Crippen molar-refractivity contribution in [2.24, 2.45) is 5.92 Å². The molecule has 120 valence electrons. The van der Waals surface area contributed by atoms with E-state index in [2.05, 4.69) is 16.1 Å². The van der Waals surface area contributed by atoms with Gasteiger partial charge in [0.25, 0.3) is 5.91 Å². The van der Waals surface area contributed by atoms with E-state index < -0.39 is 18.1 Å². The molecule has 1 atom stereocenters. The number of alkyl halides is 2. The zero-order valence-electron chi connectivity index (χ0n) is 12.8. The SMILES string of the molecule is COc1cc(C(=O)N[C@@](C)(C#N)C(C)C)ccc1OC(F)F. The van der Waals surface area contributed by atoms with Crippen LogP contribution in [0.5, 0.6) is 11.5 Å². The molecule has 5 nitrogen and oxygen atoms in total. The second kappa shape index (κ2) is 7.07. The normalized spacial score (nSPS) is 13.4. The number of carbonyl (C=O) groups is 1. The Balaban J connectivity index is 3.03. The van der Waals surface area contributed by atoms with Gasteiger partial charge in [-0.3, -0.25) is 4.79 Å². The fourth-order valence-corrected chi connectivity index (χ4v) is 1.61. The summed E-state index contributed by atoms with van der Waals surface area (Å²) < 4.78 is 33.7. The number of nitrogens with one attached hydrogen (secondary N) is 1. The maximum Gasteiger partial charge on any atom is 0.387 e. The Hall–Kier alpha value is -2.36. The van der Waals surface area contributed by atoms with Crippen molar-refractivity contribution in [1.29, 1.82) is 5.26 Å². The standard InChI is InChI=1S/C15H18F2N2O3/c1-9(2)15(3,8-18)19-13(20)10-5-6-11(22-14(16)17)12(7-10)21-4/h5-7,9,14H,1-4H3,(H,19,20)/t15-/m0/s1. The highest BCUT2D eigenvalue weighted by Gasteiger charge is 2.30. The van der Waals surface area contributed by atoms with Crippen LogP contribution >= 0.6 is 0 Å². The van der Waals surface area contributed by atoms with Crippen LogP contribution in [0, 0.1) is 17.2 Å². The summed E-state index contributed by atoms with van der Waals surface area (Å²) in [6.45, 7) is 2.24. The van der Waals surface area contributed by atoms with Crippen molar-refractivity contribution in [1.82, 2.24) is 5.32 Å². The van der Waals surface area contributed by atoms with Gasteiger partial charge in [-0.2, -0.15) is 14.0 Å². The lowest BCUT2D eigenvalue weighted by Gasteiger charge is -2.27. The summed E-state index contributed by atoms with van der Waals surface area (Å²) in [4.78, 5) is 12.2. The maximum atomic E-state index is 12.3. The molecule has 0 saturated heterocycles. The van der Waals surface area contributed by atoms with Gasteiger partial charge < -0.3 is 14.8 Å². The molecule has 0 spiro atoms. The van der Waals surface area contributed by atoms with Crippen molar-refractivity contribution in [3.05, 3.63) is 23.8 Å². The van der Waals surface area contributed by atoms with E-state index in [-0.39, 0.29) is 23.0 Å². The van der Waals surface area contributed by atoms with E-state index in [1.54, 1.807) is 6.92 Å². The van der Waals surface area contributed by atoms with Crippen LogP contribution < -0.4 is 14.8 Å². The zero-order valence-corrected chi connectivity index (χ0v) is 12.8. The van der Waals surface area contributed by atoms with Gasteiger partial charge in [-0.25, -0.2) is 0 Å². The molecular weight excluding hydrogens is 294 g/mol. The third-order valence-corrected chi connectivity index (χ3v) is 3.40. The van der Waals surface area contributed by atoms with Crippen LogP contribution in [-0.2, 0) is 0 Å². The van der Waals surface area contributed by atoms with Gasteiger partial charge >= 0.3 is 6.61 Å². The Morgan fingerprint density at radius 2 is 2.00 bits per heavy atom. The minimum Gasteiger partial charge on any atom is -0.493 e. The van der Waals surface area contributed by atoms with Gasteiger partial charge in [0.2, 0.25) is 0 Å². The largest absolute Gasteiger partial charge is 0.493 e. The summed E-state index contributed by atoms with van der Waals surface area (Å²) >= 11 is 0. The molecule has 0 aromatic heterocycles. The number of amides is 1. The first-order valence-electron chi connectivity index (χ1n) is 6.60. The summed E-state index contributed by atoms with van der Waals surface area (Å²) in [6.07, 6.45) is 0. The van der Waals surface area contributed by atoms with Crippen LogP contribution in [0.15, 0.2) is 18.2 Å². The smallest absolute Gasteiger partial charge is 0.387 e. The molecule has 7 heteroatoms. The van der Waals surface area contributed by atoms with E-state index in [1.807, 2.05) is 13.8 Å². The van der Waals surface area contributed by atoms with E-state index >= 15 is 0 Å². The summed E-state index contributed by atoms with van der Waals surface area (Å²) in [5.41, 5.74) is -0.858. The Morgan fingerprint density at radius 3 is 2.45 bits per heavy atom. The van der Waals surface area contributed by atoms with Gasteiger partial charge in [-0.05, 0) is 31.0 Å². The van der Waals surface area contributed by atoms with Crippen molar-refractivity contribution >= 4 is 5.91 Å². The second-order valence-electron chi connectivity index (χ2n) is 5.17. The molecule has 0 aliphatic rings. The van der Waals surface area contributed by atoms with Crippen molar-refractivity contribution in [3.63, 3.8) is 0 Å². The average Bonchev–Trinajstić information content (AvgIpc) is 2.46. The first-order chi connectivity index (χ1) is 10.2. The molecule has 0 fully saturated rings. The molecule has 0 unspecified atom stereocenters. The molecule has 1 amide bonds. The lowest BCUT2D eigenvalue weighted by Crippen LogP contribution is -2.48. The predicted molar refractivity (Wildman–Crippen MR) is 75.9 cm³/mol. The van der Waals surface area contributed by atoms with Gasteiger partial charge in [-0.1, -0.05) is 13.8 Å². The minimum absolute atomic E-state index is 0.0103. The number of nitriles is 1. The molecule has 0 aliphatic heterocycles. The first-order valence-corrected chi connectivity index (χ1v) is 6.60. The monoisotopic (exact) mass is 312 g/mol. The molecule has 0 saturated carbocycles. The molecule has 0 aliphatic carbocycles. The van der Waals surface area contributed by atoms with Gasteiger partial charge in [-0.15, -0.1) is 0 Å². The fourth-order valence-electron chi connectivity index (χ4n) is 1.61. The number of benzene rings is 1. The van der Waals surface area contributed by atoms with Gasteiger partial charge in [0.05, 0.1) is 13.2 Å². The van der Waals surface area contributed by atoms with Gasteiger partial charge in [0.1, 0.15) is 5.54 Å². The number of methoxy groups -OCH3 is 1. The summed E-state index contributed by atoms with van der Waals surface area (Å²) in [6, 6.07) is 5.89. The highest BCUT2D eigenvalue weighted by Crippen LogP contribution is 2.29. The second-order valence-corrected chi connectivity index (χ2v) is 5.17. The number of hydrogen-bond donors (Lipinski definition) is 1. The molecule has 1 rings (SSSR count). The van der Waals surface area contributed by atoms with Gasteiger partial charge in [0, 0.05) is 5.56 Å². The van der Waals surface area contributed by atoms with Gasteiger partial charge in [0.15, 0.2) is 11.5 Å². The predicted octanol–water partition coefficient (Wildman–Crippen LogP) is 2.96. The van der Waals surface area contributed by atoms with Crippen LogP contribution in [0.3, 0.4) is 0 Å². The van der Waals surface area contributed by atoms with Crippen molar-refractivity contribution in [3.8, 4) is 17.6 Å². The lowest BCUT2D eigenvalue weighted by atomic mass is 9.89. The quantitative estimate of drug-likeness (QED) is 0.876. The molecule has 1 aromatic rings. The number of carbonyl (C=O) groups excluding carboxylic acids is 1. The topological polar surface area (TPSA) is 71.3 Å². The third kappa shape index (κ3) is 4.07. The highest BCUT2D eigenvalue weighted by molar-refractivity contribution is 5.95. The number of nitrogens with zero attached hydrogens (tertiary/aromatic N) is 1. The van der Waals surface area contributed by atoms with Crippen LogP contribution in [0.4, 0.5) is 8.78 Å². The van der Waals surface area contributed by atoms with Crippen LogP contribution in [0.2, 0.25) is 0 Å². The molecule has 1 N–H and O–H groups in total. The summed E-state index contributed by atoms with van der Waals surface area (Å²) in [5, 5.41) is 11.8. The minimum atomic E-state index is -2.99. The first kappa shape index (κ1) is 17.7. The molecule has 0 radical (unpaired) electrons. The molecule has 0 heterocycles. The maximum absolute atomic E-state index is 12.3. The summed E-state index contributed by atoms with van der Waals surface area (Å²) in [7, 11) is 1.28. The van der Waals surface area contributed by atoms with Crippen LogP contribution in [0.25, 0.3) is 0 Å². The lowest BCUT2D eigenvalue weighted by molar-refractivity contribution is -0.0512. The summed E-state index contributed by atoms with van der Waals surface area (Å²) in [5.74, 6) is -0.762.